The van der Waals surface area contributed by atoms with Crippen LogP contribution in [-0.2, 0) is 15.6 Å². The molecule has 0 bridgehead atoms. The highest BCUT2D eigenvalue weighted by molar-refractivity contribution is 7.91. The summed E-state index contributed by atoms with van der Waals surface area (Å²) in [6.45, 7) is 0. The van der Waals surface area contributed by atoms with E-state index in [9.17, 15) is 12.8 Å². The quantitative estimate of drug-likeness (QED) is 0.871. The summed E-state index contributed by atoms with van der Waals surface area (Å²) in [5, 5.41) is -0.0805. The Morgan fingerprint density at radius 1 is 1.10 bits per heavy atom. The van der Waals surface area contributed by atoms with Gasteiger partial charge in [0, 0.05) is 0 Å². The van der Waals surface area contributed by atoms with E-state index in [2.05, 4.69) is 0 Å². The first-order valence-electron chi connectivity index (χ1n) is 5.52. The van der Waals surface area contributed by atoms with Gasteiger partial charge in [0.15, 0.2) is 9.84 Å². The number of anilines is 1. The van der Waals surface area contributed by atoms with E-state index < -0.39 is 15.7 Å². The van der Waals surface area contributed by atoms with Crippen molar-refractivity contribution in [2.24, 2.45) is 0 Å². The van der Waals surface area contributed by atoms with Gasteiger partial charge in [-0.25, -0.2) is 12.8 Å². The predicted octanol–water partition coefficient (Wildman–Crippen LogP) is 3.69. The average Bonchev–Trinajstić information content (AvgIpc) is 2.33. The maximum atomic E-state index is 13.1. The van der Waals surface area contributed by atoms with Crippen molar-refractivity contribution < 1.29 is 12.8 Å². The van der Waals surface area contributed by atoms with Gasteiger partial charge in [-0.05, 0) is 29.8 Å². The van der Waals surface area contributed by atoms with Gasteiger partial charge < -0.3 is 5.73 Å². The van der Waals surface area contributed by atoms with Crippen LogP contribution in [0.25, 0.3) is 0 Å². The van der Waals surface area contributed by atoms with E-state index in [-0.39, 0.29) is 26.4 Å². The lowest BCUT2D eigenvalue weighted by molar-refractivity contribution is 0.595. The molecule has 0 spiro atoms. The van der Waals surface area contributed by atoms with E-state index >= 15 is 0 Å². The fourth-order valence-corrected chi connectivity index (χ4v) is 4.07. The minimum absolute atomic E-state index is 0.0539. The topological polar surface area (TPSA) is 60.2 Å². The second-order valence-electron chi connectivity index (χ2n) is 4.17. The Hall–Kier alpha value is -1.30. The molecule has 0 atom stereocenters. The molecule has 0 unspecified atom stereocenters. The molecular formula is C13H10Cl2FNO2S. The summed E-state index contributed by atoms with van der Waals surface area (Å²) in [6, 6.07) is 8.20. The SMILES string of the molecule is Nc1cccc(Cl)c1S(=O)(=O)Cc1ccc(F)c(Cl)c1. The van der Waals surface area contributed by atoms with Crippen LogP contribution >= 0.6 is 23.2 Å². The molecule has 2 N–H and O–H groups in total. The largest absolute Gasteiger partial charge is 0.398 e. The third-order valence-electron chi connectivity index (χ3n) is 2.65. The number of nitrogen functional groups attached to an aromatic ring is 1. The first-order valence-corrected chi connectivity index (χ1v) is 7.93. The second-order valence-corrected chi connectivity index (χ2v) is 6.91. The summed E-state index contributed by atoms with van der Waals surface area (Å²) in [5.41, 5.74) is 6.10. The molecule has 0 fully saturated rings. The Morgan fingerprint density at radius 3 is 2.40 bits per heavy atom. The summed E-state index contributed by atoms with van der Waals surface area (Å²) in [5.74, 6) is -0.967. The van der Waals surface area contributed by atoms with Gasteiger partial charge in [-0.3, -0.25) is 0 Å². The number of hydrogen-bond donors (Lipinski definition) is 1. The molecule has 106 valence electrons. The van der Waals surface area contributed by atoms with Gasteiger partial charge >= 0.3 is 0 Å². The smallest absolute Gasteiger partial charge is 0.186 e. The van der Waals surface area contributed by atoms with Gasteiger partial charge in [0.05, 0.1) is 21.5 Å². The molecule has 3 nitrogen and oxygen atoms in total. The van der Waals surface area contributed by atoms with Crippen molar-refractivity contribution >= 4 is 38.7 Å². The van der Waals surface area contributed by atoms with E-state index in [4.69, 9.17) is 28.9 Å². The van der Waals surface area contributed by atoms with Gasteiger partial charge in [0.2, 0.25) is 0 Å². The molecule has 0 aliphatic rings. The first-order chi connectivity index (χ1) is 9.31. The fraction of sp³-hybridized carbons (Fsp3) is 0.0769. The molecule has 2 aromatic carbocycles. The monoisotopic (exact) mass is 333 g/mol. The van der Waals surface area contributed by atoms with Gasteiger partial charge in [0.1, 0.15) is 10.7 Å². The van der Waals surface area contributed by atoms with Crippen molar-refractivity contribution in [3.63, 3.8) is 0 Å². The summed E-state index contributed by atoms with van der Waals surface area (Å²) in [4.78, 5) is -0.123. The van der Waals surface area contributed by atoms with Crippen LogP contribution < -0.4 is 5.73 Å². The summed E-state index contributed by atoms with van der Waals surface area (Å²) in [6.07, 6.45) is 0. The maximum absolute atomic E-state index is 13.1. The van der Waals surface area contributed by atoms with Crippen LogP contribution in [0.5, 0.6) is 0 Å². The summed E-state index contributed by atoms with van der Waals surface area (Å²) in [7, 11) is -3.74. The molecule has 0 saturated heterocycles. The van der Waals surface area contributed by atoms with Crippen molar-refractivity contribution in [2.45, 2.75) is 10.6 Å². The van der Waals surface area contributed by atoms with E-state index in [1.54, 1.807) is 6.07 Å². The minimum atomic E-state index is -3.74. The molecular weight excluding hydrogens is 324 g/mol. The molecule has 0 amide bonds. The molecule has 0 saturated carbocycles. The Bertz CT molecular complexity index is 743. The normalized spacial score (nSPS) is 11.6. The number of sulfone groups is 1. The van der Waals surface area contributed by atoms with Crippen molar-refractivity contribution in [2.75, 3.05) is 5.73 Å². The highest BCUT2D eigenvalue weighted by Gasteiger charge is 2.22. The zero-order chi connectivity index (χ0) is 14.9. The van der Waals surface area contributed by atoms with Gasteiger partial charge in [-0.2, -0.15) is 0 Å². The van der Waals surface area contributed by atoms with E-state index in [0.717, 1.165) is 6.07 Å². The molecule has 0 radical (unpaired) electrons. The van der Waals surface area contributed by atoms with Crippen molar-refractivity contribution in [3.8, 4) is 0 Å². The highest BCUT2D eigenvalue weighted by Crippen LogP contribution is 2.30. The summed E-state index contributed by atoms with van der Waals surface area (Å²) >= 11 is 11.5. The molecule has 2 aromatic rings. The van der Waals surface area contributed by atoms with Gasteiger partial charge in [-0.15, -0.1) is 0 Å². The average molecular weight is 334 g/mol. The van der Waals surface area contributed by atoms with E-state index in [1.807, 2.05) is 0 Å². The van der Waals surface area contributed by atoms with Crippen LogP contribution in [0.4, 0.5) is 10.1 Å². The number of nitrogens with two attached hydrogens (primary N) is 1. The number of rotatable bonds is 3. The van der Waals surface area contributed by atoms with Crippen molar-refractivity contribution in [1.82, 2.24) is 0 Å². The predicted molar refractivity (Wildman–Crippen MR) is 78.2 cm³/mol. The van der Waals surface area contributed by atoms with Crippen LogP contribution in [0.2, 0.25) is 10.0 Å². The number of benzene rings is 2. The molecule has 0 aliphatic carbocycles. The lowest BCUT2D eigenvalue weighted by Crippen LogP contribution is -2.08. The molecule has 0 aromatic heterocycles. The Labute approximate surface area is 126 Å². The van der Waals surface area contributed by atoms with Crippen molar-refractivity contribution in [1.29, 1.82) is 0 Å². The Morgan fingerprint density at radius 2 is 1.80 bits per heavy atom. The molecule has 2 rings (SSSR count). The molecule has 20 heavy (non-hydrogen) atoms. The lowest BCUT2D eigenvalue weighted by atomic mass is 10.2. The Balaban J connectivity index is 2.43. The zero-order valence-corrected chi connectivity index (χ0v) is 12.4. The van der Waals surface area contributed by atoms with Gasteiger partial charge in [-0.1, -0.05) is 35.3 Å². The van der Waals surface area contributed by atoms with Crippen molar-refractivity contribution in [3.05, 3.63) is 57.8 Å². The van der Waals surface area contributed by atoms with Crippen LogP contribution in [0.15, 0.2) is 41.3 Å². The number of halogens is 3. The van der Waals surface area contributed by atoms with Crippen LogP contribution in [-0.4, -0.2) is 8.42 Å². The van der Waals surface area contributed by atoms with E-state index in [0.29, 0.717) is 5.56 Å². The Kier molecular flexibility index (Phi) is 4.22. The standard InChI is InChI=1S/C13H10Cl2FNO2S/c14-9-2-1-3-12(17)13(9)20(18,19)7-8-4-5-11(16)10(15)6-8/h1-6H,7,17H2. The number of hydrogen-bond acceptors (Lipinski definition) is 3. The third-order valence-corrected chi connectivity index (χ3v) is 5.16. The van der Waals surface area contributed by atoms with Crippen LogP contribution in [0, 0.1) is 5.82 Å². The lowest BCUT2D eigenvalue weighted by Gasteiger charge is -2.09. The summed E-state index contributed by atoms with van der Waals surface area (Å²) < 4.78 is 37.7. The minimum Gasteiger partial charge on any atom is -0.398 e. The zero-order valence-electron chi connectivity index (χ0n) is 10.1. The molecule has 7 heteroatoms. The van der Waals surface area contributed by atoms with Gasteiger partial charge in [0.25, 0.3) is 0 Å². The van der Waals surface area contributed by atoms with Crippen LogP contribution in [0.3, 0.4) is 0 Å². The van der Waals surface area contributed by atoms with E-state index in [1.165, 1.54) is 24.3 Å². The highest BCUT2D eigenvalue weighted by atomic mass is 35.5. The third kappa shape index (κ3) is 3.06. The fourth-order valence-electron chi connectivity index (χ4n) is 1.77. The molecule has 0 heterocycles. The maximum Gasteiger partial charge on any atom is 0.186 e. The van der Waals surface area contributed by atoms with Crippen LogP contribution in [0.1, 0.15) is 5.56 Å². The molecule has 0 aliphatic heterocycles. The first kappa shape index (κ1) is 15.1. The second kappa shape index (κ2) is 5.60.